The molecule has 3 heteroatoms. The van der Waals surface area contributed by atoms with E-state index >= 15 is 0 Å². The molecule has 0 aromatic heterocycles. The van der Waals surface area contributed by atoms with Crippen molar-refractivity contribution in [3.8, 4) is 0 Å². The summed E-state index contributed by atoms with van der Waals surface area (Å²) >= 11 is 3.67. The number of hydrogen-bond acceptors (Lipinski definition) is 3. The number of rotatable bonds is 2. The summed E-state index contributed by atoms with van der Waals surface area (Å²) < 4.78 is 7.59. The maximum Gasteiger partial charge on any atom is 0.135 e. The van der Waals surface area contributed by atoms with Gasteiger partial charge in [0.1, 0.15) is 11.5 Å². The SMILES string of the molecule is C1=C(c2ccccc2)OC(c2ccccc2)=CC1=C1Sc2ccccc2S1. The highest BCUT2D eigenvalue weighted by atomic mass is 32.2. The minimum absolute atomic E-state index is 0.886. The second-order valence-electron chi connectivity index (χ2n) is 6.24. The van der Waals surface area contributed by atoms with Crippen molar-refractivity contribution >= 4 is 35.0 Å². The summed E-state index contributed by atoms with van der Waals surface area (Å²) in [6, 6.07) is 29.1. The lowest BCUT2D eigenvalue weighted by Crippen LogP contribution is -2.00. The van der Waals surface area contributed by atoms with Gasteiger partial charge in [-0.3, -0.25) is 0 Å². The van der Waals surface area contributed by atoms with Gasteiger partial charge in [-0.15, -0.1) is 0 Å². The third kappa shape index (κ3) is 3.36. The third-order valence-corrected chi connectivity index (χ3v) is 7.02. The molecule has 2 aliphatic rings. The molecular formula is C24H16OS2. The zero-order chi connectivity index (χ0) is 18.1. The first-order valence-electron chi connectivity index (χ1n) is 8.78. The summed E-state index contributed by atoms with van der Waals surface area (Å²) in [5.74, 6) is 1.77. The Morgan fingerprint density at radius 3 is 1.44 bits per heavy atom. The van der Waals surface area contributed by atoms with Crippen molar-refractivity contribution in [3.63, 3.8) is 0 Å². The van der Waals surface area contributed by atoms with Crippen molar-refractivity contribution < 1.29 is 4.74 Å². The van der Waals surface area contributed by atoms with Gasteiger partial charge >= 0.3 is 0 Å². The number of thioether (sulfide) groups is 2. The summed E-state index contributed by atoms with van der Waals surface area (Å²) in [6.45, 7) is 0. The lowest BCUT2D eigenvalue weighted by Gasteiger charge is -2.19. The van der Waals surface area contributed by atoms with Gasteiger partial charge in [-0.25, -0.2) is 0 Å². The van der Waals surface area contributed by atoms with E-state index in [-0.39, 0.29) is 0 Å². The molecule has 0 unspecified atom stereocenters. The molecule has 0 saturated heterocycles. The second-order valence-corrected chi connectivity index (χ2v) is 8.61. The van der Waals surface area contributed by atoms with Crippen molar-refractivity contribution in [2.75, 3.05) is 0 Å². The molecule has 0 N–H and O–H groups in total. The lowest BCUT2D eigenvalue weighted by molar-refractivity contribution is 0.467. The Labute approximate surface area is 167 Å². The van der Waals surface area contributed by atoms with E-state index in [1.54, 1.807) is 0 Å². The summed E-state index contributed by atoms with van der Waals surface area (Å²) in [5, 5.41) is 0. The van der Waals surface area contributed by atoms with Crippen LogP contribution in [-0.2, 0) is 4.74 Å². The van der Waals surface area contributed by atoms with E-state index in [4.69, 9.17) is 4.74 Å². The molecular weight excluding hydrogens is 368 g/mol. The van der Waals surface area contributed by atoms with Crippen LogP contribution in [-0.4, -0.2) is 0 Å². The third-order valence-electron chi connectivity index (χ3n) is 4.40. The molecule has 5 rings (SSSR count). The number of ether oxygens (including phenoxy) is 1. The first kappa shape index (κ1) is 16.5. The Hall–Kier alpha value is -2.62. The lowest BCUT2D eigenvalue weighted by atomic mass is 10.1. The summed E-state index contributed by atoms with van der Waals surface area (Å²) in [6.07, 6.45) is 4.31. The molecule has 0 spiro atoms. The Morgan fingerprint density at radius 1 is 0.519 bits per heavy atom. The number of hydrogen-bond donors (Lipinski definition) is 0. The molecule has 3 aromatic carbocycles. The molecule has 0 amide bonds. The van der Waals surface area contributed by atoms with E-state index in [0.29, 0.717) is 0 Å². The summed E-state index contributed by atoms with van der Waals surface area (Å²) in [4.78, 5) is 2.64. The average Bonchev–Trinajstić information content (AvgIpc) is 3.19. The van der Waals surface area contributed by atoms with Crippen molar-refractivity contribution in [1.29, 1.82) is 0 Å². The van der Waals surface area contributed by atoms with Crippen LogP contribution >= 0.6 is 23.5 Å². The van der Waals surface area contributed by atoms with Crippen molar-refractivity contribution in [2.45, 2.75) is 9.79 Å². The van der Waals surface area contributed by atoms with E-state index in [9.17, 15) is 0 Å². The fourth-order valence-corrected chi connectivity index (χ4v) is 5.52. The smallest absolute Gasteiger partial charge is 0.135 e. The highest BCUT2D eigenvalue weighted by Crippen LogP contribution is 2.53. The highest BCUT2D eigenvalue weighted by Gasteiger charge is 2.23. The number of fused-ring (bicyclic) bond motifs is 1. The van der Waals surface area contributed by atoms with Gasteiger partial charge in [-0.1, -0.05) is 96.3 Å². The minimum Gasteiger partial charge on any atom is -0.456 e. The van der Waals surface area contributed by atoms with Crippen LogP contribution in [0.1, 0.15) is 11.1 Å². The largest absolute Gasteiger partial charge is 0.456 e. The zero-order valence-electron chi connectivity index (χ0n) is 14.5. The van der Waals surface area contributed by atoms with Gasteiger partial charge in [0, 0.05) is 26.5 Å². The van der Waals surface area contributed by atoms with Gasteiger partial charge in [-0.05, 0) is 24.3 Å². The Kier molecular flexibility index (Phi) is 4.40. The fourth-order valence-electron chi connectivity index (χ4n) is 3.07. The average molecular weight is 385 g/mol. The molecule has 130 valence electrons. The maximum absolute atomic E-state index is 6.29. The zero-order valence-corrected chi connectivity index (χ0v) is 16.1. The predicted octanol–water partition coefficient (Wildman–Crippen LogP) is 7.21. The van der Waals surface area contributed by atoms with Gasteiger partial charge < -0.3 is 4.74 Å². The maximum atomic E-state index is 6.29. The van der Waals surface area contributed by atoms with E-state index < -0.39 is 0 Å². The molecule has 0 fully saturated rings. The quantitative estimate of drug-likeness (QED) is 0.462. The molecule has 0 aliphatic carbocycles. The summed E-state index contributed by atoms with van der Waals surface area (Å²) in [5.41, 5.74) is 3.37. The predicted molar refractivity (Wildman–Crippen MR) is 115 cm³/mol. The normalized spacial score (nSPS) is 15.7. The molecule has 27 heavy (non-hydrogen) atoms. The van der Waals surface area contributed by atoms with Crippen LogP contribution in [0.2, 0.25) is 0 Å². The standard InChI is InChI=1S/C24H16OS2/c1-3-9-17(10-4-1)20-15-19(16-21(25-20)18-11-5-2-6-12-18)24-26-22-13-7-8-14-23(22)27-24/h1-16H. The Morgan fingerprint density at radius 2 is 0.963 bits per heavy atom. The van der Waals surface area contributed by atoms with Crippen molar-refractivity contribution in [1.82, 2.24) is 0 Å². The summed E-state index contributed by atoms with van der Waals surface area (Å²) in [7, 11) is 0. The first-order chi connectivity index (χ1) is 13.4. The van der Waals surface area contributed by atoms with Gasteiger partial charge in [-0.2, -0.15) is 0 Å². The molecule has 0 bridgehead atoms. The van der Waals surface area contributed by atoms with Crippen LogP contribution in [0.25, 0.3) is 11.5 Å². The fraction of sp³-hybridized carbons (Fsp3) is 0. The van der Waals surface area contributed by atoms with Crippen molar-refractivity contribution in [2.24, 2.45) is 0 Å². The number of allylic oxidation sites excluding steroid dienone is 3. The Balaban J connectivity index is 1.61. The topological polar surface area (TPSA) is 9.23 Å². The molecule has 1 nitrogen and oxygen atoms in total. The van der Waals surface area contributed by atoms with Crippen LogP contribution in [0.4, 0.5) is 0 Å². The van der Waals surface area contributed by atoms with E-state index in [0.717, 1.165) is 22.6 Å². The molecule has 0 radical (unpaired) electrons. The molecule has 2 heterocycles. The van der Waals surface area contributed by atoms with E-state index in [1.807, 2.05) is 59.9 Å². The molecule has 0 saturated carbocycles. The van der Waals surface area contributed by atoms with Crippen LogP contribution in [0.15, 0.2) is 117 Å². The monoisotopic (exact) mass is 384 g/mol. The van der Waals surface area contributed by atoms with Gasteiger partial charge in [0.05, 0.1) is 4.24 Å². The second kappa shape index (κ2) is 7.18. The van der Waals surface area contributed by atoms with Gasteiger partial charge in [0.2, 0.25) is 0 Å². The van der Waals surface area contributed by atoms with Gasteiger partial charge in [0.25, 0.3) is 0 Å². The minimum atomic E-state index is 0.886. The highest BCUT2D eigenvalue weighted by molar-refractivity contribution is 8.24. The molecule has 0 atom stereocenters. The van der Waals surface area contributed by atoms with Crippen LogP contribution < -0.4 is 0 Å². The van der Waals surface area contributed by atoms with Gasteiger partial charge in [0.15, 0.2) is 0 Å². The molecule has 2 aliphatic heterocycles. The van der Waals surface area contributed by atoms with Crippen LogP contribution in [0.3, 0.4) is 0 Å². The van der Waals surface area contributed by atoms with Crippen LogP contribution in [0, 0.1) is 0 Å². The van der Waals surface area contributed by atoms with E-state index in [2.05, 4.69) is 60.7 Å². The van der Waals surface area contributed by atoms with Crippen LogP contribution in [0.5, 0.6) is 0 Å². The van der Waals surface area contributed by atoms with Crippen molar-refractivity contribution in [3.05, 3.63) is 118 Å². The molecule has 3 aromatic rings. The number of benzene rings is 3. The van der Waals surface area contributed by atoms with E-state index in [1.165, 1.54) is 19.6 Å². The first-order valence-corrected chi connectivity index (χ1v) is 10.4. The Bertz CT molecular complexity index is 995.